The van der Waals surface area contributed by atoms with E-state index in [-0.39, 0.29) is 18.2 Å². The number of H-pyrrole nitrogens is 1. The second kappa shape index (κ2) is 8.62. The first kappa shape index (κ1) is 20.0. The van der Waals surface area contributed by atoms with Gasteiger partial charge in [0.15, 0.2) is 0 Å². The van der Waals surface area contributed by atoms with Gasteiger partial charge in [-0.3, -0.25) is 9.59 Å². The summed E-state index contributed by atoms with van der Waals surface area (Å²) in [7, 11) is 0. The summed E-state index contributed by atoms with van der Waals surface area (Å²) in [6.45, 7) is 5.37. The molecule has 4 aromatic rings. The molecule has 0 saturated carbocycles. The summed E-state index contributed by atoms with van der Waals surface area (Å²) in [5.74, 6) is -0.392. The molecule has 7 heteroatoms. The van der Waals surface area contributed by atoms with E-state index in [0.717, 1.165) is 39.2 Å². The molecule has 31 heavy (non-hydrogen) atoms. The molecule has 3 N–H and O–H groups in total. The maximum absolute atomic E-state index is 12.4. The van der Waals surface area contributed by atoms with Crippen LogP contribution in [0.2, 0.25) is 0 Å². The molecule has 154 valence electrons. The lowest BCUT2D eigenvalue weighted by atomic mass is 10.1. The van der Waals surface area contributed by atoms with Crippen LogP contribution in [-0.4, -0.2) is 26.8 Å². The zero-order valence-electron chi connectivity index (χ0n) is 17.0. The summed E-state index contributed by atoms with van der Waals surface area (Å²) >= 11 is 0. The molecular weight excluding hydrogens is 390 g/mol. The van der Waals surface area contributed by atoms with Crippen LogP contribution in [0.15, 0.2) is 73.6 Å². The summed E-state index contributed by atoms with van der Waals surface area (Å²) in [5.41, 5.74) is 5.88. The predicted octanol–water partition coefficient (Wildman–Crippen LogP) is 4.24. The van der Waals surface area contributed by atoms with Gasteiger partial charge in [-0.1, -0.05) is 30.8 Å². The first-order valence-electron chi connectivity index (χ1n) is 9.75. The Morgan fingerprint density at radius 3 is 2.35 bits per heavy atom. The number of fused-ring (bicyclic) bond motifs is 1. The molecule has 0 aliphatic rings. The van der Waals surface area contributed by atoms with Crippen molar-refractivity contribution in [1.29, 1.82) is 0 Å². The highest BCUT2D eigenvalue weighted by Gasteiger charge is 2.08. The molecule has 0 unspecified atom stereocenters. The Kier molecular flexibility index (Phi) is 5.57. The lowest BCUT2D eigenvalue weighted by molar-refractivity contribution is -0.115. The number of anilines is 2. The smallest absolute Gasteiger partial charge is 0.247 e. The van der Waals surface area contributed by atoms with Crippen LogP contribution in [0.25, 0.3) is 22.3 Å². The minimum absolute atomic E-state index is 0.118. The van der Waals surface area contributed by atoms with Crippen LogP contribution in [0.4, 0.5) is 11.4 Å². The monoisotopic (exact) mass is 411 g/mol. The summed E-state index contributed by atoms with van der Waals surface area (Å²) in [4.78, 5) is 35.5. The Bertz CT molecular complexity index is 1260. The first-order chi connectivity index (χ1) is 15.0. The first-order valence-corrected chi connectivity index (χ1v) is 9.75. The van der Waals surface area contributed by atoms with Gasteiger partial charge in [0.25, 0.3) is 0 Å². The fourth-order valence-corrected chi connectivity index (χ4v) is 3.24. The van der Waals surface area contributed by atoms with Gasteiger partial charge in [-0.25, -0.2) is 9.97 Å². The summed E-state index contributed by atoms with van der Waals surface area (Å²) in [6, 6.07) is 16.8. The number of carbonyl (C=O) groups is 2. The van der Waals surface area contributed by atoms with Crippen LogP contribution in [0.1, 0.15) is 11.3 Å². The summed E-state index contributed by atoms with van der Waals surface area (Å²) < 4.78 is 0. The maximum atomic E-state index is 12.4. The van der Waals surface area contributed by atoms with E-state index in [9.17, 15) is 9.59 Å². The molecule has 0 fully saturated rings. The van der Waals surface area contributed by atoms with Crippen molar-refractivity contribution in [1.82, 2.24) is 15.0 Å². The third kappa shape index (κ3) is 4.67. The number of aromatic amines is 1. The molecule has 2 heterocycles. The molecule has 0 spiro atoms. The average Bonchev–Trinajstić information content (AvgIpc) is 3.21. The van der Waals surface area contributed by atoms with Gasteiger partial charge < -0.3 is 15.6 Å². The van der Waals surface area contributed by atoms with E-state index in [1.54, 1.807) is 18.5 Å². The fraction of sp³-hybridized carbons (Fsp3) is 0.0833. The van der Waals surface area contributed by atoms with Crippen molar-refractivity contribution in [2.24, 2.45) is 0 Å². The third-order valence-corrected chi connectivity index (χ3v) is 4.88. The van der Waals surface area contributed by atoms with Gasteiger partial charge in [-0.2, -0.15) is 0 Å². The SMILES string of the molecule is C=CC(=O)Nc1ccc(CC(=O)Nc2ccc(-c3cc4c(C)ncnc4[nH]3)cc2)cc1. The second-order valence-corrected chi connectivity index (χ2v) is 7.10. The van der Waals surface area contributed by atoms with Crippen LogP contribution in [0, 0.1) is 6.92 Å². The molecule has 2 aromatic carbocycles. The van der Waals surface area contributed by atoms with Crippen molar-refractivity contribution in [3.05, 3.63) is 84.8 Å². The topological polar surface area (TPSA) is 99.8 Å². The van der Waals surface area contributed by atoms with Crippen LogP contribution in [0.3, 0.4) is 0 Å². The average molecular weight is 411 g/mol. The zero-order chi connectivity index (χ0) is 21.8. The number of benzene rings is 2. The standard InChI is InChI=1S/C24H21N5O2/c1-3-22(30)27-18-8-4-16(5-9-18)12-23(31)28-19-10-6-17(7-11-19)21-13-20-15(2)25-14-26-24(20)29-21/h3-11,13-14H,1,12H2,2H3,(H,27,30)(H,28,31)(H,25,26,29). The van der Waals surface area contributed by atoms with Gasteiger partial charge in [0, 0.05) is 22.5 Å². The summed E-state index contributed by atoms with van der Waals surface area (Å²) in [5, 5.41) is 6.57. The highest BCUT2D eigenvalue weighted by Crippen LogP contribution is 2.25. The molecule has 2 amide bonds. The van der Waals surface area contributed by atoms with E-state index in [1.165, 1.54) is 6.08 Å². The quantitative estimate of drug-likeness (QED) is 0.413. The fourth-order valence-electron chi connectivity index (χ4n) is 3.24. The van der Waals surface area contributed by atoms with Crippen LogP contribution < -0.4 is 10.6 Å². The number of rotatable bonds is 6. The Hall–Kier alpha value is -4.26. The number of nitrogens with zero attached hydrogens (tertiary/aromatic N) is 2. The number of nitrogens with one attached hydrogen (secondary N) is 3. The zero-order valence-corrected chi connectivity index (χ0v) is 17.0. The van der Waals surface area contributed by atoms with Crippen molar-refractivity contribution >= 4 is 34.2 Å². The van der Waals surface area contributed by atoms with E-state index in [0.29, 0.717) is 5.69 Å². The van der Waals surface area contributed by atoms with Gasteiger partial charge in [-0.15, -0.1) is 0 Å². The molecule has 0 atom stereocenters. The largest absolute Gasteiger partial charge is 0.339 e. The number of aryl methyl sites for hydroxylation is 1. The van der Waals surface area contributed by atoms with E-state index in [1.807, 2.05) is 49.4 Å². The van der Waals surface area contributed by atoms with Gasteiger partial charge in [0.05, 0.1) is 12.1 Å². The Labute approximate surface area is 179 Å². The minimum Gasteiger partial charge on any atom is -0.339 e. The molecule has 7 nitrogen and oxygen atoms in total. The number of hydrogen-bond acceptors (Lipinski definition) is 4. The molecular formula is C24H21N5O2. The van der Waals surface area contributed by atoms with Crippen molar-refractivity contribution < 1.29 is 9.59 Å². The van der Waals surface area contributed by atoms with Crippen molar-refractivity contribution in [3.63, 3.8) is 0 Å². The molecule has 0 radical (unpaired) electrons. The van der Waals surface area contributed by atoms with E-state index in [2.05, 4.69) is 32.2 Å². The second-order valence-electron chi connectivity index (χ2n) is 7.10. The summed E-state index contributed by atoms with van der Waals surface area (Å²) in [6.07, 6.45) is 2.98. The normalized spacial score (nSPS) is 10.6. The van der Waals surface area contributed by atoms with Gasteiger partial charge in [0.2, 0.25) is 11.8 Å². The highest BCUT2D eigenvalue weighted by atomic mass is 16.2. The molecule has 2 aromatic heterocycles. The molecule has 4 rings (SSSR count). The third-order valence-electron chi connectivity index (χ3n) is 4.88. The lowest BCUT2D eigenvalue weighted by Crippen LogP contribution is -2.14. The van der Waals surface area contributed by atoms with Crippen LogP contribution in [0.5, 0.6) is 0 Å². The molecule has 0 saturated heterocycles. The van der Waals surface area contributed by atoms with Gasteiger partial charge >= 0.3 is 0 Å². The van der Waals surface area contributed by atoms with Gasteiger partial charge in [0.1, 0.15) is 12.0 Å². The van der Waals surface area contributed by atoms with Crippen LogP contribution in [-0.2, 0) is 16.0 Å². The number of carbonyl (C=O) groups excluding carboxylic acids is 2. The lowest BCUT2D eigenvalue weighted by Gasteiger charge is -2.07. The predicted molar refractivity (Wildman–Crippen MR) is 122 cm³/mol. The number of hydrogen-bond donors (Lipinski definition) is 3. The molecule has 0 bridgehead atoms. The van der Waals surface area contributed by atoms with E-state index in [4.69, 9.17) is 0 Å². The molecule has 0 aliphatic heterocycles. The van der Waals surface area contributed by atoms with Crippen molar-refractivity contribution in [2.75, 3.05) is 10.6 Å². The minimum atomic E-state index is -0.274. The number of aromatic nitrogens is 3. The number of amides is 2. The van der Waals surface area contributed by atoms with Crippen molar-refractivity contribution in [3.8, 4) is 11.3 Å². The Morgan fingerprint density at radius 1 is 1.00 bits per heavy atom. The Balaban J connectivity index is 1.39. The Morgan fingerprint density at radius 2 is 1.68 bits per heavy atom. The van der Waals surface area contributed by atoms with Gasteiger partial charge in [-0.05, 0) is 54.5 Å². The van der Waals surface area contributed by atoms with E-state index >= 15 is 0 Å². The molecule has 0 aliphatic carbocycles. The van der Waals surface area contributed by atoms with Crippen molar-refractivity contribution in [2.45, 2.75) is 13.3 Å². The van der Waals surface area contributed by atoms with E-state index < -0.39 is 0 Å². The highest BCUT2D eigenvalue weighted by molar-refractivity contribution is 5.99. The maximum Gasteiger partial charge on any atom is 0.247 e. The van der Waals surface area contributed by atoms with Crippen LogP contribution >= 0.6 is 0 Å².